The van der Waals surface area contributed by atoms with Gasteiger partial charge in [0.15, 0.2) is 0 Å². The van der Waals surface area contributed by atoms with Gasteiger partial charge in [-0.15, -0.1) is 0 Å². The molecule has 140 valence electrons. The highest BCUT2D eigenvalue weighted by Crippen LogP contribution is 2.44. The number of fused-ring (bicyclic) bond motifs is 2. The number of carbonyl (C=O) groups is 1. The maximum Gasteiger partial charge on any atom is 0.234 e. The van der Waals surface area contributed by atoms with Crippen molar-refractivity contribution in [3.05, 3.63) is 78.2 Å². The van der Waals surface area contributed by atoms with Crippen LogP contribution in [0.25, 0.3) is 0 Å². The van der Waals surface area contributed by atoms with Crippen molar-refractivity contribution in [3.8, 4) is 17.4 Å². The Morgan fingerprint density at radius 1 is 1.04 bits per heavy atom. The van der Waals surface area contributed by atoms with Gasteiger partial charge in [-0.1, -0.05) is 36.4 Å². The van der Waals surface area contributed by atoms with E-state index in [2.05, 4.69) is 9.97 Å². The molecule has 3 heterocycles. The van der Waals surface area contributed by atoms with Crippen LogP contribution in [0.1, 0.15) is 23.5 Å². The largest absolute Gasteiger partial charge is 0.472 e. The van der Waals surface area contributed by atoms with Gasteiger partial charge in [-0.2, -0.15) is 0 Å². The maximum absolute atomic E-state index is 13.5. The zero-order chi connectivity index (χ0) is 18.9. The number of benzene rings is 2. The Morgan fingerprint density at radius 2 is 1.75 bits per heavy atom. The standard InChI is InChI=1S/C22H19N3O3/c26-22(25-12-10-15(13-25)27-20-9-11-23-14-24-20)21-16-5-1-3-7-18(16)28-19-8-4-2-6-17(19)21/h1-9,11,14-15,21H,10,12-13H2. The minimum atomic E-state index is -0.362. The summed E-state index contributed by atoms with van der Waals surface area (Å²) in [6.07, 6.45) is 3.82. The molecule has 2 aromatic carbocycles. The van der Waals surface area contributed by atoms with E-state index in [-0.39, 0.29) is 17.9 Å². The van der Waals surface area contributed by atoms with Crippen LogP contribution in [-0.2, 0) is 4.79 Å². The molecule has 6 nitrogen and oxygen atoms in total. The molecule has 0 saturated carbocycles. The number of rotatable bonds is 3. The van der Waals surface area contributed by atoms with Crippen molar-refractivity contribution < 1.29 is 14.3 Å². The molecule has 1 aromatic heterocycles. The molecular formula is C22H19N3O3. The lowest BCUT2D eigenvalue weighted by Crippen LogP contribution is -2.36. The fourth-order valence-corrected chi connectivity index (χ4v) is 3.90. The van der Waals surface area contributed by atoms with Gasteiger partial charge in [0.25, 0.3) is 0 Å². The zero-order valence-electron chi connectivity index (χ0n) is 15.2. The van der Waals surface area contributed by atoms with Gasteiger partial charge in [-0.05, 0) is 12.1 Å². The molecule has 1 fully saturated rings. The summed E-state index contributed by atoms with van der Waals surface area (Å²) in [5.74, 6) is 1.74. The SMILES string of the molecule is O=C(C1c2ccccc2Oc2ccccc21)N1CCC(Oc2ccncn2)C1. The van der Waals surface area contributed by atoms with Crippen LogP contribution in [0.15, 0.2) is 67.1 Å². The van der Waals surface area contributed by atoms with E-state index in [4.69, 9.17) is 9.47 Å². The Morgan fingerprint density at radius 3 is 2.43 bits per heavy atom. The van der Waals surface area contributed by atoms with Crippen molar-refractivity contribution in [1.29, 1.82) is 0 Å². The number of aromatic nitrogens is 2. The van der Waals surface area contributed by atoms with E-state index in [1.807, 2.05) is 53.4 Å². The molecule has 1 saturated heterocycles. The highest BCUT2D eigenvalue weighted by atomic mass is 16.5. The summed E-state index contributed by atoms with van der Waals surface area (Å²) in [5.41, 5.74) is 1.82. The molecule has 1 amide bonds. The van der Waals surface area contributed by atoms with Crippen molar-refractivity contribution in [2.75, 3.05) is 13.1 Å². The molecule has 1 atom stereocenters. The monoisotopic (exact) mass is 373 g/mol. The third-order valence-electron chi connectivity index (χ3n) is 5.23. The predicted molar refractivity (Wildman–Crippen MR) is 102 cm³/mol. The molecule has 0 N–H and O–H groups in total. The Balaban J connectivity index is 1.40. The predicted octanol–water partition coefficient (Wildman–Crippen LogP) is 3.39. The number of likely N-dealkylation sites (tertiary alicyclic amines) is 1. The van der Waals surface area contributed by atoms with E-state index >= 15 is 0 Å². The highest BCUT2D eigenvalue weighted by Gasteiger charge is 2.38. The second-order valence-corrected chi connectivity index (χ2v) is 6.97. The van der Waals surface area contributed by atoms with E-state index < -0.39 is 0 Å². The molecule has 1 unspecified atom stereocenters. The molecule has 6 heteroatoms. The number of ether oxygens (including phenoxy) is 2. The molecule has 3 aromatic rings. The molecule has 0 bridgehead atoms. The molecule has 0 radical (unpaired) electrons. The summed E-state index contributed by atoms with van der Waals surface area (Å²) in [6.45, 7) is 1.21. The van der Waals surface area contributed by atoms with Gasteiger partial charge in [0.1, 0.15) is 23.9 Å². The minimum absolute atomic E-state index is 0.0656. The number of nitrogens with zero attached hydrogens (tertiary/aromatic N) is 3. The van der Waals surface area contributed by atoms with Crippen molar-refractivity contribution in [2.45, 2.75) is 18.4 Å². The zero-order valence-corrected chi connectivity index (χ0v) is 15.2. The first-order valence-electron chi connectivity index (χ1n) is 9.37. The van der Waals surface area contributed by atoms with Crippen LogP contribution in [0, 0.1) is 0 Å². The first-order valence-corrected chi connectivity index (χ1v) is 9.37. The lowest BCUT2D eigenvalue weighted by molar-refractivity contribution is -0.131. The average molecular weight is 373 g/mol. The Bertz CT molecular complexity index is 963. The summed E-state index contributed by atoms with van der Waals surface area (Å²) in [7, 11) is 0. The van der Waals surface area contributed by atoms with Gasteiger partial charge in [0, 0.05) is 36.4 Å². The van der Waals surface area contributed by atoms with Crippen LogP contribution in [-0.4, -0.2) is 40.0 Å². The molecule has 0 spiro atoms. The first-order chi connectivity index (χ1) is 13.8. The summed E-state index contributed by atoms with van der Waals surface area (Å²) in [5, 5.41) is 0. The fraction of sp³-hybridized carbons (Fsp3) is 0.227. The summed E-state index contributed by atoms with van der Waals surface area (Å²) >= 11 is 0. The first kappa shape index (κ1) is 16.7. The lowest BCUT2D eigenvalue weighted by atomic mass is 9.87. The van der Waals surface area contributed by atoms with Crippen LogP contribution < -0.4 is 9.47 Å². The third-order valence-corrected chi connectivity index (χ3v) is 5.23. The Kier molecular flexibility index (Phi) is 4.16. The molecule has 2 aliphatic heterocycles. The molecule has 0 aliphatic carbocycles. The Labute approximate surface area is 162 Å². The van der Waals surface area contributed by atoms with Gasteiger partial charge < -0.3 is 14.4 Å². The van der Waals surface area contributed by atoms with E-state index in [9.17, 15) is 4.79 Å². The normalized spacial score (nSPS) is 18.1. The van der Waals surface area contributed by atoms with E-state index in [0.717, 1.165) is 29.0 Å². The van der Waals surface area contributed by atoms with Crippen LogP contribution in [0.4, 0.5) is 0 Å². The number of hydrogen-bond donors (Lipinski definition) is 0. The van der Waals surface area contributed by atoms with E-state index in [1.54, 1.807) is 12.3 Å². The quantitative estimate of drug-likeness (QED) is 0.704. The fourth-order valence-electron chi connectivity index (χ4n) is 3.90. The van der Waals surface area contributed by atoms with Gasteiger partial charge >= 0.3 is 0 Å². The van der Waals surface area contributed by atoms with Crippen molar-refractivity contribution in [3.63, 3.8) is 0 Å². The molecule has 28 heavy (non-hydrogen) atoms. The third kappa shape index (κ3) is 2.97. The second-order valence-electron chi connectivity index (χ2n) is 6.97. The summed E-state index contributed by atoms with van der Waals surface area (Å²) < 4.78 is 11.9. The van der Waals surface area contributed by atoms with Gasteiger partial charge in [-0.3, -0.25) is 4.79 Å². The number of hydrogen-bond acceptors (Lipinski definition) is 5. The van der Waals surface area contributed by atoms with E-state index in [1.165, 1.54) is 6.33 Å². The average Bonchev–Trinajstić information content (AvgIpc) is 3.21. The molecule has 5 rings (SSSR count). The number of para-hydroxylation sites is 2. The lowest BCUT2D eigenvalue weighted by Gasteiger charge is -2.30. The van der Waals surface area contributed by atoms with Crippen LogP contribution in [0.3, 0.4) is 0 Å². The number of amides is 1. The van der Waals surface area contributed by atoms with Gasteiger partial charge in [-0.25, -0.2) is 9.97 Å². The van der Waals surface area contributed by atoms with Crippen LogP contribution in [0.5, 0.6) is 17.4 Å². The van der Waals surface area contributed by atoms with E-state index in [0.29, 0.717) is 19.0 Å². The molecule has 2 aliphatic rings. The smallest absolute Gasteiger partial charge is 0.234 e. The topological polar surface area (TPSA) is 64.5 Å². The Hall–Kier alpha value is -3.41. The van der Waals surface area contributed by atoms with Crippen LogP contribution >= 0.6 is 0 Å². The maximum atomic E-state index is 13.5. The summed E-state index contributed by atoms with van der Waals surface area (Å²) in [4.78, 5) is 23.4. The second kappa shape index (κ2) is 6.96. The van der Waals surface area contributed by atoms with Crippen molar-refractivity contribution in [1.82, 2.24) is 14.9 Å². The number of carbonyl (C=O) groups excluding carboxylic acids is 1. The van der Waals surface area contributed by atoms with Gasteiger partial charge in [0.05, 0.1) is 12.5 Å². The van der Waals surface area contributed by atoms with Crippen molar-refractivity contribution in [2.24, 2.45) is 0 Å². The van der Waals surface area contributed by atoms with Crippen LogP contribution in [0.2, 0.25) is 0 Å². The molecular weight excluding hydrogens is 354 g/mol. The van der Waals surface area contributed by atoms with Gasteiger partial charge in [0.2, 0.25) is 11.8 Å². The minimum Gasteiger partial charge on any atom is -0.472 e. The van der Waals surface area contributed by atoms with Crippen molar-refractivity contribution >= 4 is 5.91 Å². The highest BCUT2D eigenvalue weighted by molar-refractivity contribution is 5.90. The summed E-state index contributed by atoms with van der Waals surface area (Å²) in [6, 6.07) is 17.2.